The van der Waals surface area contributed by atoms with E-state index in [9.17, 15) is 4.79 Å². The van der Waals surface area contributed by atoms with Crippen LogP contribution in [0.3, 0.4) is 0 Å². The maximum absolute atomic E-state index is 12.3. The zero-order valence-corrected chi connectivity index (χ0v) is 11.7. The van der Waals surface area contributed by atoms with Gasteiger partial charge in [-0.25, -0.2) is 0 Å². The Labute approximate surface area is 113 Å². The summed E-state index contributed by atoms with van der Waals surface area (Å²) >= 11 is 0. The molecule has 0 aromatic heterocycles. The molecule has 0 unspecified atom stereocenters. The number of ether oxygens (including phenoxy) is 2. The summed E-state index contributed by atoms with van der Waals surface area (Å²) in [6.07, 6.45) is 1.27. The van der Waals surface area contributed by atoms with E-state index in [1.807, 2.05) is 32.0 Å². The first kappa shape index (κ1) is 13.9. The molecule has 19 heavy (non-hydrogen) atoms. The lowest BCUT2D eigenvalue weighted by molar-refractivity contribution is -0.154. The van der Waals surface area contributed by atoms with Crippen LogP contribution in [0.5, 0.6) is 5.75 Å². The first-order valence-electron chi connectivity index (χ1n) is 6.61. The fraction of sp³-hybridized carbons (Fsp3) is 0.533. The fourth-order valence-electron chi connectivity index (χ4n) is 2.74. The Morgan fingerprint density at radius 3 is 2.68 bits per heavy atom. The van der Waals surface area contributed by atoms with Crippen molar-refractivity contribution >= 4 is 5.97 Å². The van der Waals surface area contributed by atoms with Crippen LogP contribution in [0.25, 0.3) is 0 Å². The number of rotatable bonds is 4. The molecule has 0 amide bonds. The predicted molar refractivity (Wildman–Crippen MR) is 73.3 cm³/mol. The first-order chi connectivity index (χ1) is 9.03. The molecule has 0 atom stereocenters. The van der Waals surface area contributed by atoms with E-state index >= 15 is 0 Å². The van der Waals surface area contributed by atoms with E-state index in [4.69, 9.17) is 15.2 Å². The first-order valence-corrected chi connectivity index (χ1v) is 6.61. The van der Waals surface area contributed by atoms with Crippen molar-refractivity contribution in [2.24, 2.45) is 5.73 Å². The SMILES string of the molecule is CCOC(=O)C1(c2ccc(C)c(OC)c2)CC(N)C1. The van der Waals surface area contributed by atoms with E-state index in [-0.39, 0.29) is 12.0 Å². The minimum atomic E-state index is -0.587. The molecule has 2 N–H and O–H groups in total. The van der Waals surface area contributed by atoms with E-state index in [1.54, 1.807) is 7.11 Å². The van der Waals surface area contributed by atoms with Gasteiger partial charge >= 0.3 is 5.97 Å². The van der Waals surface area contributed by atoms with Crippen LogP contribution in [0.4, 0.5) is 0 Å². The molecule has 0 radical (unpaired) electrons. The molecule has 0 saturated heterocycles. The molecule has 0 bridgehead atoms. The van der Waals surface area contributed by atoms with Crippen LogP contribution in [0, 0.1) is 6.92 Å². The minimum Gasteiger partial charge on any atom is -0.496 e. The van der Waals surface area contributed by atoms with Gasteiger partial charge < -0.3 is 15.2 Å². The van der Waals surface area contributed by atoms with E-state index < -0.39 is 5.41 Å². The second-order valence-electron chi connectivity index (χ2n) is 5.16. The number of aryl methyl sites for hydroxylation is 1. The second kappa shape index (κ2) is 5.21. The van der Waals surface area contributed by atoms with Gasteiger partial charge in [0.2, 0.25) is 0 Å². The molecule has 0 heterocycles. The van der Waals surface area contributed by atoms with E-state index in [1.165, 1.54) is 0 Å². The summed E-state index contributed by atoms with van der Waals surface area (Å²) in [5.74, 6) is 0.615. The van der Waals surface area contributed by atoms with Gasteiger partial charge in [-0.1, -0.05) is 12.1 Å². The van der Waals surface area contributed by atoms with Gasteiger partial charge in [-0.15, -0.1) is 0 Å². The maximum Gasteiger partial charge on any atom is 0.316 e. The third-order valence-corrected chi connectivity index (χ3v) is 3.85. The van der Waals surface area contributed by atoms with Crippen molar-refractivity contribution in [3.05, 3.63) is 29.3 Å². The molecule has 1 aliphatic rings. The summed E-state index contributed by atoms with van der Waals surface area (Å²) < 4.78 is 10.6. The summed E-state index contributed by atoms with van der Waals surface area (Å²) in [5.41, 5.74) is 7.29. The normalized spacial score (nSPS) is 25.6. The molecule has 2 rings (SSSR count). The molecule has 4 heteroatoms. The number of hydrogen-bond donors (Lipinski definition) is 1. The molecule has 1 aliphatic carbocycles. The third-order valence-electron chi connectivity index (χ3n) is 3.85. The van der Waals surface area contributed by atoms with Crippen LogP contribution < -0.4 is 10.5 Å². The molecular weight excluding hydrogens is 242 g/mol. The highest BCUT2D eigenvalue weighted by atomic mass is 16.5. The van der Waals surface area contributed by atoms with Gasteiger partial charge in [0.15, 0.2) is 0 Å². The third kappa shape index (κ3) is 2.32. The average molecular weight is 263 g/mol. The Bertz CT molecular complexity index is 478. The minimum absolute atomic E-state index is 0.0664. The Balaban J connectivity index is 2.37. The molecule has 4 nitrogen and oxygen atoms in total. The van der Waals surface area contributed by atoms with Crippen LogP contribution in [0.1, 0.15) is 30.9 Å². The number of methoxy groups -OCH3 is 1. The van der Waals surface area contributed by atoms with Crippen LogP contribution in [0.15, 0.2) is 18.2 Å². The largest absolute Gasteiger partial charge is 0.496 e. The lowest BCUT2D eigenvalue weighted by Crippen LogP contribution is -2.54. The smallest absolute Gasteiger partial charge is 0.316 e. The number of carbonyl (C=O) groups is 1. The Morgan fingerprint density at radius 2 is 2.16 bits per heavy atom. The number of esters is 1. The molecule has 1 aromatic carbocycles. The van der Waals surface area contributed by atoms with Gasteiger partial charge in [-0.3, -0.25) is 4.79 Å². The van der Waals surface area contributed by atoms with Gasteiger partial charge in [0, 0.05) is 6.04 Å². The number of hydrogen-bond acceptors (Lipinski definition) is 4. The summed E-state index contributed by atoms with van der Waals surface area (Å²) in [6, 6.07) is 5.94. The highest BCUT2D eigenvalue weighted by Crippen LogP contribution is 2.45. The van der Waals surface area contributed by atoms with Crippen molar-refractivity contribution in [3.8, 4) is 5.75 Å². The zero-order valence-electron chi connectivity index (χ0n) is 11.7. The highest BCUT2D eigenvalue weighted by molar-refractivity contribution is 5.85. The summed E-state index contributed by atoms with van der Waals surface area (Å²) in [6.45, 7) is 4.19. The molecular formula is C15H21NO3. The molecule has 0 aliphatic heterocycles. The van der Waals surface area contributed by atoms with E-state index in [0.29, 0.717) is 19.4 Å². The fourth-order valence-corrected chi connectivity index (χ4v) is 2.74. The standard InChI is InChI=1S/C15H21NO3/c1-4-19-14(17)15(8-12(16)9-15)11-6-5-10(2)13(7-11)18-3/h5-7,12H,4,8-9,16H2,1-3H3. The summed E-state index contributed by atoms with van der Waals surface area (Å²) in [5, 5.41) is 0. The van der Waals surface area contributed by atoms with Crippen LogP contribution in [0.2, 0.25) is 0 Å². The van der Waals surface area contributed by atoms with Gasteiger partial charge in [0.1, 0.15) is 5.75 Å². The maximum atomic E-state index is 12.3. The predicted octanol–water partition coefficient (Wildman–Crippen LogP) is 1.93. The van der Waals surface area contributed by atoms with E-state index in [0.717, 1.165) is 16.9 Å². The average Bonchev–Trinajstić information content (AvgIpc) is 2.35. The van der Waals surface area contributed by atoms with Crippen molar-refractivity contribution < 1.29 is 14.3 Å². The van der Waals surface area contributed by atoms with Crippen LogP contribution >= 0.6 is 0 Å². The monoisotopic (exact) mass is 263 g/mol. The van der Waals surface area contributed by atoms with Gasteiger partial charge in [0.25, 0.3) is 0 Å². The highest BCUT2D eigenvalue weighted by Gasteiger charge is 2.51. The topological polar surface area (TPSA) is 61.5 Å². The molecule has 1 aromatic rings. The Morgan fingerprint density at radius 1 is 1.47 bits per heavy atom. The van der Waals surface area contributed by atoms with Crippen LogP contribution in [-0.2, 0) is 14.9 Å². The van der Waals surface area contributed by atoms with Crippen LogP contribution in [-0.4, -0.2) is 25.7 Å². The van der Waals surface area contributed by atoms with Crippen molar-refractivity contribution in [3.63, 3.8) is 0 Å². The van der Waals surface area contributed by atoms with Crippen molar-refractivity contribution in [2.45, 2.75) is 38.1 Å². The van der Waals surface area contributed by atoms with E-state index in [2.05, 4.69) is 0 Å². The number of carbonyl (C=O) groups excluding carboxylic acids is 1. The molecule has 104 valence electrons. The van der Waals surface area contributed by atoms with Gasteiger partial charge in [0.05, 0.1) is 19.1 Å². The summed E-state index contributed by atoms with van der Waals surface area (Å²) in [4.78, 5) is 12.3. The lowest BCUT2D eigenvalue weighted by Gasteiger charge is -2.44. The molecule has 1 saturated carbocycles. The van der Waals surface area contributed by atoms with Crippen molar-refractivity contribution in [1.29, 1.82) is 0 Å². The Hall–Kier alpha value is -1.55. The van der Waals surface area contributed by atoms with Crippen molar-refractivity contribution in [2.75, 3.05) is 13.7 Å². The molecule has 0 spiro atoms. The zero-order chi connectivity index (χ0) is 14.0. The van der Waals surface area contributed by atoms with Gasteiger partial charge in [-0.2, -0.15) is 0 Å². The number of nitrogens with two attached hydrogens (primary N) is 1. The van der Waals surface area contributed by atoms with Crippen molar-refractivity contribution in [1.82, 2.24) is 0 Å². The quantitative estimate of drug-likeness (QED) is 0.843. The lowest BCUT2D eigenvalue weighted by atomic mass is 9.61. The molecule has 1 fully saturated rings. The Kier molecular flexibility index (Phi) is 3.80. The summed E-state index contributed by atoms with van der Waals surface area (Å²) in [7, 11) is 1.63. The number of benzene rings is 1. The second-order valence-corrected chi connectivity index (χ2v) is 5.16. The van der Waals surface area contributed by atoms with Gasteiger partial charge in [-0.05, 0) is 43.9 Å².